The summed E-state index contributed by atoms with van der Waals surface area (Å²) in [5, 5.41) is 1.01. The number of hydrogen-bond acceptors (Lipinski definition) is 9. The van der Waals surface area contributed by atoms with Crippen LogP contribution in [0.2, 0.25) is 0 Å². The minimum absolute atomic E-state index is 0.124. The number of ether oxygens (including phenoxy) is 4. The number of imidazole rings is 1. The van der Waals surface area contributed by atoms with Gasteiger partial charge in [-0.25, -0.2) is 14.8 Å². The molecular formula is C25H31N3O6S. The zero-order valence-electron chi connectivity index (χ0n) is 20.4. The van der Waals surface area contributed by atoms with Crippen molar-refractivity contribution in [3.8, 4) is 17.1 Å². The van der Waals surface area contributed by atoms with Gasteiger partial charge in [-0.1, -0.05) is 18.2 Å². The number of fused-ring (bicyclic) bond motifs is 1. The van der Waals surface area contributed by atoms with Crippen LogP contribution in [0, 0.1) is 0 Å². The summed E-state index contributed by atoms with van der Waals surface area (Å²) < 4.78 is 20.8. The molecule has 35 heavy (non-hydrogen) atoms. The van der Waals surface area contributed by atoms with Crippen molar-refractivity contribution in [2.24, 2.45) is 0 Å². The van der Waals surface area contributed by atoms with Gasteiger partial charge in [0, 0.05) is 18.7 Å². The molecule has 188 valence electrons. The second kappa shape index (κ2) is 14.8. The van der Waals surface area contributed by atoms with E-state index < -0.39 is 11.9 Å². The number of aromatic amines is 1. The lowest BCUT2D eigenvalue weighted by molar-refractivity contribution is -0.150. The fourth-order valence-electron chi connectivity index (χ4n) is 3.14. The molecule has 3 rings (SSSR count). The molecule has 9 nitrogen and oxygen atoms in total. The summed E-state index contributed by atoms with van der Waals surface area (Å²) in [6, 6.07) is 9.86. The van der Waals surface area contributed by atoms with Crippen molar-refractivity contribution in [2.45, 2.75) is 26.7 Å². The van der Waals surface area contributed by atoms with Crippen LogP contribution in [-0.2, 0) is 30.2 Å². The fraction of sp³-hybridized carbons (Fsp3) is 0.360. The Morgan fingerprint density at radius 3 is 2.66 bits per heavy atom. The van der Waals surface area contributed by atoms with Crippen molar-refractivity contribution in [3.05, 3.63) is 54.2 Å². The number of methoxy groups -OCH3 is 1. The Balaban J connectivity index is 0.00000210. The van der Waals surface area contributed by atoms with Gasteiger partial charge in [0.1, 0.15) is 5.82 Å². The highest BCUT2D eigenvalue weighted by Crippen LogP contribution is 2.30. The topological polar surface area (TPSA) is 113 Å². The third-order valence-electron chi connectivity index (χ3n) is 4.61. The number of benzene rings is 1. The molecule has 0 aliphatic heterocycles. The molecule has 1 N–H and O–H groups in total. The number of H-pyrrole nitrogens is 1. The van der Waals surface area contributed by atoms with Crippen LogP contribution in [0.1, 0.15) is 26.1 Å². The quantitative estimate of drug-likeness (QED) is 0.133. The number of carbonyl (C=O) groups excluding carboxylic acids is 2. The molecule has 0 saturated carbocycles. The van der Waals surface area contributed by atoms with E-state index in [9.17, 15) is 9.59 Å². The zero-order chi connectivity index (χ0) is 25.6. The van der Waals surface area contributed by atoms with Crippen LogP contribution in [0.3, 0.4) is 0 Å². The Morgan fingerprint density at radius 2 is 1.94 bits per heavy atom. The molecule has 2 aromatic heterocycles. The van der Waals surface area contributed by atoms with Gasteiger partial charge in [-0.05, 0) is 37.8 Å². The highest BCUT2D eigenvalue weighted by atomic mass is 32.1. The van der Waals surface area contributed by atoms with Gasteiger partial charge in [-0.15, -0.1) is 0 Å². The van der Waals surface area contributed by atoms with E-state index in [2.05, 4.69) is 27.6 Å². The van der Waals surface area contributed by atoms with E-state index in [1.54, 1.807) is 26.5 Å². The first-order chi connectivity index (χ1) is 17.0. The minimum atomic E-state index is -0.672. The van der Waals surface area contributed by atoms with Gasteiger partial charge in [0.25, 0.3) is 0 Å². The smallest absolute Gasteiger partial charge is 0.374 e. The first-order valence-electron chi connectivity index (χ1n) is 11.1. The predicted molar refractivity (Wildman–Crippen MR) is 136 cm³/mol. The number of rotatable bonds is 11. The van der Waals surface area contributed by atoms with E-state index in [-0.39, 0.29) is 12.4 Å². The average Bonchev–Trinajstić information content (AvgIpc) is 3.34. The van der Waals surface area contributed by atoms with Crippen molar-refractivity contribution >= 4 is 35.5 Å². The molecule has 0 aliphatic rings. The van der Waals surface area contributed by atoms with Crippen LogP contribution in [0.25, 0.3) is 22.2 Å². The van der Waals surface area contributed by atoms with E-state index in [1.807, 2.05) is 30.3 Å². The number of carbonyl (C=O) groups is 2. The van der Waals surface area contributed by atoms with E-state index in [0.717, 1.165) is 28.0 Å². The number of nitrogens with zero attached hydrogens (tertiary/aromatic N) is 2. The van der Waals surface area contributed by atoms with Crippen LogP contribution < -0.4 is 4.74 Å². The molecule has 0 unspecified atom stereocenters. The number of hydrogen-bond donors (Lipinski definition) is 2. The number of para-hydroxylation sites is 1. The molecule has 0 amide bonds. The molecule has 0 radical (unpaired) electrons. The molecule has 0 aliphatic carbocycles. The maximum absolute atomic E-state index is 11.8. The van der Waals surface area contributed by atoms with Crippen molar-refractivity contribution in [1.29, 1.82) is 0 Å². The normalized spacial score (nSPS) is 10.9. The second-order valence-corrected chi connectivity index (χ2v) is 7.02. The highest BCUT2D eigenvalue weighted by molar-refractivity contribution is 7.79. The summed E-state index contributed by atoms with van der Waals surface area (Å²) in [6.07, 6.45) is 5.90. The second-order valence-electron chi connectivity index (χ2n) is 7.02. The Kier molecular flexibility index (Phi) is 11.8. The first-order valence-corrected chi connectivity index (χ1v) is 12.0. The summed E-state index contributed by atoms with van der Waals surface area (Å²) in [4.78, 5) is 35.2. The Bertz CT molecular complexity index is 1150. The molecule has 2 heterocycles. The van der Waals surface area contributed by atoms with Gasteiger partial charge in [0.15, 0.2) is 0 Å². The fourth-order valence-corrected chi connectivity index (χ4v) is 3.14. The molecular weight excluding hydrogens is 470 g/mol. The van der Waals surface area contributed by atoms with Crippen molar-refractivity contribution in [2.75, 3.05) is 33.2 Å². The largest absolute Gasteiger partial charge is 0.480 e. The molecule has 0 saturated heterocycles. The summed E-state index contributed by atoms with van der Waals surface area (Å²) in [7, 11) is 1.59. The maximum atomic E-state index is 11.8. The Morgan fingerprint density at radius 1 is 1.17 bits per heavy atom. The number of aromatic nitrogens is 3. The van der Waals surface area contributed by atoms with Crippen molar-refractivity contribution in [1.82, 2.24) is 15.0 Å². The van der Waals surface area contributed by atoms with Crippen LogP contribution in [0.5, 0.6) is 5.88 Å². The highest BCUT2D eigenvalue weighted by Gasteiger charge is 2.14. The lowest BCUT2D eigenvalue weighted by Crippen LogP contribution is -2.13. The number of nitrogens with one attached hydrogen (secondary N) is 1. The molecule has 0 atom stereocenters. The van der Waals surface area contributed by atoms with Gasteiger partial charge in [0.05, 0.1) is 49.9 Å². The maximum Gasteiger partial charge on any atom is 0.374 e. The number of esters is 2. The van der Waals surface area contributed by atoms with Gasteiger partial charge in [-0.3, -0.25) is 4.79 Å². The molecule has 10 heteroatoms. The molecule has 0 fully saturated rings. The SMILES string of the molecule is CCOC(=O)/C(=C/CCOCCc1ncc(-c2cc3ccccc3nc2OC)[nH]1)OC(C)=O.CS. The standard InChI is InChI=1S/C24H27N3O6.CH4S/c1-4-32-24(29)21(33-16(2)28)10-7-12-31-13-11-22-25-15-20(26-22)18-14-17-8-5-6-9-19(17)27-23(18)30-3;1-2/h5-6,8-10,14-15H,4,7,11-13H2,1-3H3,(H,25,26);2H,1H3/b21-10-;. The predicted octanol–water partition coefficient (Wildman–Crippen LogP) is 4.14. The molecule has 0 spiro atoms. The molecule has 1 aromatic carbocycles. The van der Waals surface area contributed by atoms with E-state index in [1.165, 1.54) is 13.0 Å². The average molecular weight is 502 g/mol. The third-order valence-corrected chi connectivity index (χ3v) is 4.61. The van der Waals surface area contributed by atoms with Crippen molar-refractivity contribution in [3.63, 3.8) is 0 Å². The summed E-state index contributed by atoms with van der Waals surface area (Å²) >= 11 is 3.53. The van der Waals surface area contributed by atoms with Crippen LogP contribution in [0.15, 0.2) is 48.4 Å². The third kappa shape index (κ3) is 8.41. The zero-order valence-corrected chi connectivity index (χ0v) is 21.3. The first kappa shape index (κ1) is 27.9. The van der Waals surface area contributed by atoms with Gasteiger partial charge in [0.2, 0.25) is 11.6 Å². The van der Waals surface area contributed by atoms with Crippen LogP contribution >= 0.6 is 12.6 Å². The minimum Gasteiger partial charge on any atom is -0.480 e. The Hall–Kier alpha value is -3.37. The summed E-state index contributed by atoms with van der Waals surface area (Å²) in [5.41, 5.74) is 2.50. The van der Waals surface area contributed by atoms with E-state index in [0.29, 0.717) is 31.9 Å². The molecule has 3 aromatic rings. The van der Waals surface area contributed by atoms with Crippen molar-refractivity contribution < 1.29 is 28.5 Å². The monoisotopic (exact) mass is 501 g/mol. The van der Waals surface area contributed by atoms with Gasteiger partial charge >= 0.3 is 11.9 Å². The number of thiol groups is 1. The lowest BCUT2D eigenvalue weighted by Gasteiger charge is -2.08. The summed E-state index contributed by atoms with van der Waals surface area (Å²) in [5.74, 6) is -0.0851. The number of pyridine rings is 1. The lowest BCUT2D eigenvalue weighted by atomic mass is 10.1. The van der Waals surface area contributed by atoms with Crippen LogP contribution in [-0.4, -0.2) is 60.1 Å². The summed E-state index contributed by atoms with van der Waals surface area (Å²) in [6.45, 7) is 3.88. The van der Waals surface area contributed by atoms with E-state index >= 15 is 0 Å². The van der Waals surface area contributed by atoms with E-state index in [4.69, 9.17) is 18.9 Å². The van der Waals surface area contributed by atoms with Crippen LogP contribution in [0.4, 0.5) is 0 Å². The van der Waals surface area contributed by atoms with Gasteiger partial charge < -0.3 is 23.9 Å². The Labute approximate surface area is 210 Å². The molecule has 0 bridgehead atoms. The van der Waals surface area contributed by atoms with Gasteiger partial charge in [-0.2, -0.15) is 12.6 Å².